The molecule has 0 aliphatic carbocycles. The minimum Gasteiger partial charge on any atom is -0.462 e. The van der Waals surface area contributed by atoms with Gasteiger partial charge in [-0.2, -0.15) is 0 Å². The molecule has 19 heavy (non-hydrogen) atoms. The molecule has 0 radical (unpaired) electrons. The van der Waals surface area contributed by atoms with Crippen LogP contribution in [0.15, 0.2) is 30.3 Å². The summed E-state index contributed by atoms with van der Waals surface area (Å²) in [6, 6.07) is 7.69. The Hall–Kier alpha value is -1.28. The summed E-state index contributed by atoms with van der Waals surface area (Å²) < 4.78 is 5.45. The summed E-state index contributed by atoms with van der Waals surface area (Å²) in [5, 5.41) is 0.737. The highest BCUT2D eigenvalue weighted by atomic mass is 35.5. The fraction of sp³-hybridized carbons (Fsp3) is 0.438. The van der Waals surface area contributed by atoms with Crippen LogP contribution in [0.25, 0.3) is 6.08 Å². The van der Waals surface area contributed by atoms with E-state index in [1.165, 1.54) is 0 Å². The third kappa shape index (κ3) is 3.60. The van der Waals surface area contributed by atoms with Gasteiger partial charge in [0.25, 0.3) is 0 Å². The minimum absolute atomic E-state index is 0.000683. The van der Waals surface area contributed by atoms with Crippen molar-refractivity contribution in [3.05, 3.63) is 40.9 Å². The van der Waals surface area contributed by atoms with Crippen LogP contribution in [0.3, 0.4) is 0 Å². The van der Waals surface area contributed by atoms with Crippen LogP contribution >= 0.6 is 11.6 Å². The van der Waals surface area contributed by atoms with E-state index in [1.807, 2.05) is 50.3 Å². The fourth-order valence-corrected chi connectivity index (χ4v) is 2.32. The average Bonchev–Trinajstić information content (AvgIpc) is 2.36. The number of esters is 1. The first-order valence-electron chi connectivity index (χ1n) is 6.61. The normalized spacial score (nSPS) is 22.5. The van der Waals surface area contributed by atoms with Crippen molar-refractivity contribution in [3.63, 3.8) is 0 Å². The second-order valence-electron chi connectivity index (χ2n) is 5.61. The maximum absolute atomic E-state index is 11.7. The van der Waals surface area contributed by atoms with E-state index in [0.29, 0.717) is 0 Å². The number of ether oxygens (including phenoxy) is 1. The molecule has 1 heterocycles. The molecule has 1 fully saturated rings. The average molecular weight is 279 g/mol. The van der Waals surface area contributed by atoms with E-state index in [-0.39, 0.29) is 17.5 Å². The lowest BCUT2D eigenvalue weighted by Gasteiger charge is -2.32. The number of hydrogen-bond donors (Lipinski definition) is 0. The Balaban J connectivity index is 1.90. The van der Waals surface area contributed by atoms with Gasteiger partial charge in [0.1, 0.15) is 6.10 Å². The summed E-state index contributed by atoms with van der Waals surface area (Å²) in [7, 11) is 0. The molecule has 1 saturated heterocycles. The molecule has 0 saturated carbocycles. The van der Waals surface area contributed by atoms with Gasteiger partial charge >= 0.3 is 5.97 Å². The predicted molar refractivity (Wildman–Crippen MR) is 78.0 cm³/mol. The van der Waals surface area contributed by atoms with Gasteiger partial charge in [-0.25, -0.2) is 0 Å². The van der Waals surface area contributed by atoms with Crippen molar-refractivity contribution in [1.82, 2.24) is 0 Å². The van der Waals surface area contributed by atoms with Crippen molar-refractivity contribution in [3.8, 4) is 0 Å². The molecule has 1 aromatic rings. The zero-order valence-electron chi connectivity index (χ0n) is 11.4. The Labute approximate surface area is 119 Å². The van der Waals surface area contributed by atoms with Crippen LogP contribution in [0.2, 0.25) is 5.02 Å². The predicted octanol–water partition coefficient (Wildman–Crippen LogP) is 4.48. The number of carbonyl (C=O) groups excluding carboxylic acids is 1. The van der Waals surface area contributed by atoms with Gasteiger partial charge in [0.2, 0.25) is 0 Å². The van der Waals surface area contributed by atoms with Gasteiger partial charge in [-0.1, -0.05) is 42.0 Å². The van der Waals surface area contributed by atoms with Crippen LogP contribution in [-0.4, -0.2) is 12.1 Å². The van der Waals surface area contributed by atoms with Gasteiger partial charge in [-0.3, -0.25) is 4.79 Å². The van der Waals surface area contributed by atoms with Crippen LogP contribution in [0.1, 0.15) is 38.7 Å². The maximum atomic E-state index is 11.7. The van der Waals surface area contributed by atoms with E-state index < -0.39 is 0 Å². The minimum atomic E-state index is -0.330. The van der Waals surface area contributed by atoms with E-state index in [0.717, 1.165) is 29.8 Å². The second-order valence-corrected chi connectivity index (χ2v) is 6.02. The van der Waals surface area contributed by atoms with Gasteiger partial charge < -0.3 is 4.74 Å². The molecule has 3 heteroatoms. The number of carbonyl (C=O) groups is 1. The molecule has 1 aliphatic heterocycles. The molecule has 0 N–H and O–H groups in total. The molecule has 1 atom stereocenters. The van der Waals surface area contributed by atoms with Crippen molar-refractivity contribution in [2.45, 2.75) is 39.2 Å². The van der Waals surface area contributed by atoms with Crippen LogP contribution in [0.5, 0.6) is 0 Å². The van der Waals surface area contributed by atoms with E-state index in [4.69, 9.17) is 16.3 Å². The Morgan fingerprint density at radius 3 is 2.84 bits per heavy atom. The third-order valence-corrected chi connectivity index (χ3v) is 3.86. The second kappa shape index (κ2) is 5.79. The molecular weight excluding hydrogens is 260 g/mol. The van der Waals surface area contributed by atoms with Crippen LogP contribution in [-0.2, 0) is 9.53 Å². The summed E-state index contributed by atoms with van der Waals surface area (Å²) in [6.07, 6.45) is 6.56. The van der Waals surface area contributed by atoms with Crippen molar-refractivity contribution >= 4 is 23.6 Å². The number of hydrogen-bond acceptors (Lipinski definition) is 2. The molecular formula is C16H19ClO2. The Morgan fingerprint density at radius 1 is 1.42 bits per heavy atom. The van der Waals surface area contributed by atoms with Gasteiger partial charge in [-0.05, 0) is 38.3 Å². The standard InChI is InChI=1S/C16H19ClO2/c1-16(2)11-10-13(19-15(16)18)8-5-7-12-6-3-4-9-14(12)17/h3-7,9,13H,8,10-11H2,1-2H3/b7-5+. The molecule has 1 aromatic carbocycles. The highest BCUT2D eigenvalue weighted by molar-refractivity contribution is 6.32. The molecule has 0 aromatic heterocycles. The SMILES string of the molecule is CC1(C)CCC(C/C=C/c2ccccc2Cl)OC1=O. The summed E-state index contributed by atoms with van der Waals surface area (Å²) in [5.41, 5.74) is 0.662. The van der Waals surface area contributed by atoms with Crippen LogP contribution < -0.4 is 0 Å². The lowest BCUT2D eigenvalue weighted by Crippen LogP contribution is -2.36. The first kappa shape index (κ1) is 14.1. The van der Waals surface area contributed by atoms with Crippen molar-refractivity contribution in [1.29, 1.82) is 0 Å². The van der Waals surface area contributed by atoms with Crippen molar-refractivity contribution in [2.24, 2.45) is 5.41 Å². The third-order valence-electron chi connectivity index (χ3n) is 3.52. The highest BCUT2D eigenvalue weighted by Crippen LogP contribution is 2.32. The first-order valence-corrected chi connectivity index (χ1v) is 6.99. The Morgan fingerprint density at radius 2 is 2.16 bits per heavy atom. The van der Waals surface area contributed by atoms with E-state index >= 15 is 0 Å². The molecule has 0 spiro atoms. The van der Waals surface area contributed by atoms with Gasteiger partial charge in [0, 0.05) is 11.4 Å². The van der Waals surface area contributed by atoms with Crippen LogP contribution in [0.4, 0.5) is 0 Å². The number of benzene rings is 1. The molecule has 2 rings (SSSR count). The number of halogens is 1. The zero-order chi connectivity index (χ0) is 13.9. The number of cyclic esters (lactones) is 1. The number of rotatable bonds is 3. The largest absolute Gasteiger partial charge is 0.462 e. The van der Waals surface area contributed by atoms with E-state index in [2.05, 4.69) is 0 Å². The van der Waals surface area contributed by atoms with E-state index in [9.17, 15) is 4.79 Å². The van der Waals surface area contributed by atoms with Crippen molar-refractivity contribution < 1.29 is 9.53 Å². The molecule has 1 unspecified atom stereocenters. The lowest BCUT2D eigenvalue weighted by molar-refractivity contribution is -0.167. The molecule has 0 amide bonds. The topological polar surface area (TPSA) is 26.3 Å². The fourth-order valence-electron chi connectivity index (χ4n) is 2.12. The first-order chi connectivity index (χ1) is 8.99. The van der Waals surface area contributed by atoms with Gasteiger partial charge in [0.15, 0.2) is 0 Å². The lowest BCUT2D eigenvalue weighted by atomic mass is 9.84. The molecule has 102 valence electrons. The van der Waals surface area contributed by atoms with Gasteiger partial charge in [0.05, 0.1) is 5.41 Å². The molecule has 1 aliphatic rings. The zero-order valence-corrected chi connectivity index (χ0v) is 12.1. The smallest absolute Gasteiger partial charge is 0.311 e. The van der Waals surface area contributed by atoms with E-state index in [1.54, 1.807) is 0 Å². The van der Waals surface area contributed by atoms with Gasteiger partial charge in [-0.15, -0.1) is 0 Å². The quantitative estimate of drug-likeness (QED) is 0.762. The summed E-state index contributed by atoms with van der Waals surface area (Å²) in [4.78, 5) is 11.7. The van der Waals surface area contributed by atoms with Crippen molar-refractivity contribution in [2.75, 3.05) is 0 Å². The highest BCUT2D eigenvalue weighted by Gasteiger charge is 2.36. The summed E-state index contributed by atoms with van der Waals surface area (Å²) >= 11 is 6.07. The molecule has 0 bridgehead atoms. The summed E-state index contributed by atoms with van der Waals surface area (Å²) in [6.45, 7) is 3.87. The monoisotopic (exact) mass is 278 g/mol. The Kier molecular flexibility index (Phi) is 4.31. The molecule has 2 nitrogen and oxygen atoms in total. The van der Waals surface area contributed by atoms with Crippen LogP contribution in [0, 0.1) is 5.41 Å². The summed E-state index contributed by atoms with van der Waals surface area (Å²) in [5.74, 6) is -0.0881. The maximum Gasteiger partial charge on any atom is 0.311 e. The Bertz CT molecular complexity index is 491.